The molecule has 36 heavy (non-hydrogen) atoms. The van der Waals surface area contributed by atoms with E-state index >= 15 is 0 Å². The van der Waals surface area contributed by atoms with Gasteiger partial charge in [0.1, 0.15) is 23.6 Å². The number of urea groups is 1. The highest BCUT2D eigenvalue weighted by atomic mass is 19.4. The summed E-state index contributed by atoms with van der Waals surface area (Å²) in [5.74, 6) is -0.519. The third-order valence-electron chi connectivity index (χ3n) is 4.83. The third-order valence-corrected chi connectivity index (χ3v) is 4.83. The standard InChI is InChI=1S/C23H18F4N6O3/c1-33-11-13(10-30-33)17-9-21(29-12-28-17)36-15-4-5-16(24)18(8-15)31-22(34)32-19-7-14(23(25,26)27)3-6-20(19)35-2/h3-12H,1-2H3,(H2,31,32,34). The van der Waals surface area contributed by atoms with E-state index in [-0.39, 0.29) is 28.8 Å². The Morgan fingerprint density at radius 2 is 1.81 bits per heavy atom. The van der Waals surface area contributed by atoms with Crippen molar-refractivity contribution in [2.24, 2.45) is 7.05 Å². The first-order chi connectivity index (χ1) is 17.1. The topological polar surface area (TPSA) is 103 Å². The molecule has 4 rings (SSSR count). The van der Waals surface area contributed by atoms with Gasteiger partial charge in [-0.2, -0.15) is 18.3 Å². The molecule has 0 bridgehead atoms. The summed E-state index contributed by atoms with van der Waals surface area (Å²) in [6.07, 6.45) is 0.0269. The summed E-state index contributed by atoms with van der Waals surface area (Å²) >= 11 is 0. The van der Waals surface area contributed by atoms with Crippen LogP contribution >= 0.6 is 0 Å². The Hall–Kier alpha value is -4.68. The Morgan fingerprint density at radius 1 is 1.03 bits per heavy atom. The van der Waals surface area contributed by atoms with Crippen molar-refractivity contribution in [3.8, 4) is 28.6 Å². The molecule has 0 fully saturated rings. The van der Waals surface area contributed by atoms with Gasteiger partial charge in [0.2, 0.25) is 5.88 Å². The van der Waals surface area contributed by atoms with Gasteiger partial charge in [0.25, 0.3) is 0 Å². The number of nitrogens with one attached hydrogen (secondary N) is 2. The quantitative estimate of drug-likeness (QED) is 0.339. The van der Waals surface area contributed by atoms with Gasteiger partial charge in [0, 0.05) is 30.9 Å². The lowest BCUT2D eigenvalue weighted by molar-refractivity contribution is -0.137. The number of methoxy groups -OCH3 is 1. The van der Waals surface area contributed by atoms with Crippen molar-refractivity contribution in [2.75, 3.05) is 17.7 Å². The Kier molecular flexibility index (Phi) is 6.72. The minimum absolute atomic E-state index is 0.0103. The Bertz CT molecular complexity index is 1410. The summed E-state index contributed by atoms with van der Waals surface area (Å²) in [6, 6.07) is 6.72. The predicted octanol–water partition coefficient (Wildman–Crippen LogP) is 5.48. The van der Waals surface area contributed by atoms with Crippen molar-refractivity contribution in [2.45, 2.75) is 6.18 Å². The number of benzene rings is 2. The number of carbonyl (C=O) groups excluding carboxylic acids is 1. The first kappa shape index (κ1) is 24.4. The number of hydrogen-bond donors (Lipinski definition) is 2. The summed E-state index contributed by atoms with van der Waals surface area (Å²) in [5.41, 5.74) is -0.245. The molecule has 0 atom stereocenters. The first-order valence-electron chi connectivity index (χ1n) is 10.2. The van der Waals surface area contributed by atoms with Crippen molar-refractivity contribution < 1.29 is 31.8 Å². The predicted molar refractivity (Wildman–Crippen MR) is 121 cm³/mol. The fraction of sp³-hybridized carbons (Fsp3) is 0.130. The number of nitrogens with zero attached hydrogens (tertiary/aromatic N) is 4. The molecule has 0 radical (unpaired) electrons. The molecule has 2 amide bonds. The minimum Gasteiger partial charge on any atom is -0.495 e. The van der Waals surface area contributed by atoms with Crippen molar-refractivity contribution in [3.05, 3.63) is 72.6 Å². The fourth-order valence-electron chi connectivity index (χ4n) is 3.15. The molecule has 0 spiro atoms. The summed E-state index contributed by atoms with van der Waals surface area (Å²) in [6.45, 7) is 0. The summed E-state index contributed by atoms with van der Waals surface area (Å²) < 4.78 is 65.7. The van der Waals surface area contributed by atoms with Gasteiger partial charge in [-0.25, -0.2) is 19.2 Å². The van der Waals surface area contributed by atoms with E-state index in [1.165, 1.54) is 25.6 Å². The first-order valence-corrected chi connectivity index (χ1v) is 10.2. The Labute approximate surface area is 201 Å². The van der Waals surface area contributed by atoms with Crippen LogP contribution in [-0.4, -0.2) is 32.9 Å². The Balaban J connectivity index is 1.50. The lowest BCUT2D eigenvalue weighted by Crippen LogP contribution is -2.21. The number of rotatable bonds is 6. The molecule has 0 aliphatic heterocycles. The van der Waals surface area contributed by atoms with Crippen LogP contribution in [-0.2, 0) is 13.2 Å². The number of ether oxygens (including phenoxy) is 2. The fourth-order valence-corrected chi connectivity index (χ4v) is 3.15. The second-order valence-electron chi connectivity index (χ2n) is 7.38. The van der Waals surface area contributed by atoms with Crippen LogP contribution in [0.2, 0.25) is 0 Å². The number of carbonyl (C=O) groups is 1. The lowest BCUT2D eigenvalue weighted by Gasteiger charge is -2.15. The van der Waals surface area contributed by atoms with E-state index in [9.17, 15) is 22.4 Å². The van der Waals surface area contributed by atoms with E-state index in [1.54, 1.807) is 30.2 Å². The normalized spacial score (nSPS) is 11.2. The maximum atomic E-state index is 14.4. The highest BCUT2D eigenvalue weighted by Gasteiger charge is 2.31. The van der Waals surface area contributed by atoms with Gasteiger partial charge in [-0.1, -0.05) is 0 Å². The van der Waals surface area contributed by atoms with Crippen LogP contribution < -0.4 is 20.1 Å². The average Bonchev–Trinajstić information content (AvgIpc) is 3.27. The zero-order valence-corrected chi connectivity index (χ0v) is 18.8. The van der Waals surface area contributed by atoms with Crippen molar-refractivity contribution >= 4 is 17.4 Å². The molecule has 186 valence electrons. The molecule has 0 aliphatic carbocycles. The minimum atomic E-state index is -4.63. The van der Waals surface area contributed by atoms with Crippen LogP contribution in [0.25, 0.3) is 11.3 Å². The molecule has 2 aromatic carbocycles. The zero-order valence-electron chi connectivity index (χ0n) is 18.8. The van der Waals surface area contributed by atoms with Gasteiger partial charge in [0.15, 0.2) is 0 Å². The SMILES string of the molecule is COc1ccc(C(F)(F)F)cc1NC(=O)Nc1cc(Oc2cc(-c3cnn(C)c3)ncn2)ccc1F. The molecule has 2 aromatic heterocycles. The smallest absolute Gasteiger partial charge is 0.416 e. The van der Waals surface area contributed by atoms with Gasteiger partial charge in [-0.3, -0.25) is 4.68 Å². The van der Waals surface area contributed by atoms with Crippen molar-refractivity contribution in [1.29, 1.82) is 0 Å². The largest absolute Gasteiger partial charge is 0.495 e. The molecule has 2 N–H and O–H groups in total. The highest BCUT2D eigenvalue weighted by Crippen LogP contribution is 2.35. The van der Waals surface area contributed by atoms with E-state index in [0.29, 0.717) is 11.8 Å². The number of hydrogen-bond acceptors (Lipinski definition) is 6. The third kappa shape index (κ3) is 5.68. The molecule has 4 aromatic rings. The van der Waals surface area contributed by atoms with Gasteiger partial charge < -0.3 is 20.1 Å². The molecule has 0 aliphatic rings. The number of alkyl halides is 3. The maximum absolute atomic E-state index is 14.4. The van der Waals surface area contributed by atoms with Crippen molar-refractivity contribution in [1.82, 2.24) is 19.7 Å². The maximum Gasteiger partial charge on any atom is 0.416 e. The van der Waals surface area contributed by atoms with Gasteiger partial charge in [0.05, 0.1) is 35.9 Å². The van der Waals surface area contributed by atoms with Crippen LogP contribution in [0.15, 0.2) is 61.2 Å². The highest BCUT2D eigenvalue weighted by molar-refractivity contribution is 6.01. The molecule has 0 unspecified atom stereocenters. The number of aryl methyl sites for hydroxylation is 1. The second-order valence-corrected chi connectivity index (χ2v) is 7.38. The number of amides is 2. The van der Waals surface area contributed by atoms with E-state index in [2.05, 4.69) is 25.7 Å². The van der Waals surface area contributed by atoms with E-state index in [1.807, 2.05) is 0 Å². The van der Waals surface area contributed by atoms with Gasteiger partial charge in [-0.15, -0.1) is 0 Å². The van der Waals surface area contributed by atoms with E-state index < -0.39 is 23.6 Å². The molecular weight excluding hydrogens is 484 g/mol. The molecule has 9 nitrogen and oxygen atoms in total. The van der Waals surface area contributed by atoms with Crippen LogP contribution in [0, 0.1) is 5.82 Å². The molecular formula is C23H18F4N6O3. The molecule has 13 heteroatoms. The molecule has 0 saturated heterocycles. The monoisotopic (exact) mass is 502 g/mol. The number of anilines is 2. The summed E-state index contributed by atoms with van der Waals surface area (Å²) in [4.78, 5) is 20.6. The summed E-state index contributed by atoms with van der Waals surface area (Å²) in [7, 11) is 2.99. The van der Waals surface area contributed by atoms with Crippen LogP contribution in [0.1, 0.15) is 5.56 Å². The Morgan fingerprint density at radius 3 is 2.50 bits per heavy atom. The number of aromatic nitrogens is 4. The molecule has 2 heterocycles. The lowest BCUT2D eigenvalue weighted by atomic mass is 10.2. The van der Waals surface area contributed by atoms with Gasteiger partial charge >= 0.3 is 12.2 Å². The average molecular weight is 502 g/mol. The summed E-state index contributed by atoms with van der Waals surface area (Å²) in [5, 5.41) is 8.56. The van der Waals surface area contributed by atoms with Crippen LogP contribution in [0.3, 0.4) is 0 Å². The zero-order chi connectivity index (χ0) is 25.9. The van der Waals surface area contributed by atoms with Crippen LogP contribution in [0.5, 0.6) is 17.4 Å². The van der Waals surface area contributed by atoms with Crippen LogP contribution in [0.4, 0.5) is 33.7 Å². The van der Waals surface area contributed by atoms with E-state index in [4.69, 9.17) is 9.47 Å². The second kappa shape index (κ2) is 9.90. The van der Waals surface area contributed by atoms with Crippen molar-refractivity contribution in [3.63, 3.8) is 0 Å². The van der Waals surface area contributed by atoms with E-state index in [0.717, 1.165) is 23.8 Å². The number of halogens is 4. The van der Waals surface area contributed by atoms with Gasteiger partial charge in [-0.05, 0) is 30.3 Å². The molecule has 0 saturated carbocycles.